The molecule has 1 saturated heterocycles. The summed E-state index contributed by atoms with van der Waals surface area (Å²) < 4.78 is 26.5. The third-order valence-electron chi connectivity index (χ3n) is 5.27. The maximum Gasteiger partial charge on any atom is 0.238 e. The number of likely N-dealkylation sites (tertiary alicyclic amines) is 1. The van der Waals surface area contributed by atoms with Gasteiger partial charge in [0.25, 0.3) is 0 Å². The molecule has 8 nitrogen and oxygen atoms in total. The average Bonchev–Trinajstić information content (AvgIpc) is 2.80. The number of benzene rings is 2. The Bertz CT molecular complexity index is 1030. The van der Waals surface area contributed by atoms with Crippen molar-refractivity contribution >= 4 is 33.6 Å². The van der Waals surface area contributed by atoms with Crippen LogP contribution in [0.1, 0.15) is 24.8 Å². The topological polar surface area (TPSA) is 108 Å². The predicted octanol–water partition coefficient (Wildman–Crippen LogP) is 2.19. The van der Waals surface area contributed by atoms with Crippen molar-refractivity contribution in [3.8, 4) is 0 Å². The van der Waals surface area contributed by atoms with Crippen LogP contribution in [0.5, 0.6) is 0 Å². The Morgan fingerprint density at radius 3 is 2.24 bits per heavy atom. The molecule has 1 aliphatic heterocycles. The zero-order valence-corrected chi connectivity index (χ0v) is 19.3. The van der Waals surface area contributed by atoms with Gasteiger partial charge in [0.1, 0.15) is 0 Å². The monoisotopic (exact) mass is 470 g/mol. The van der Waals surface area contributed by atoms with Gasteiger partial charge in [0, 0.05) is 43.2 Å². The number of nitrogens with zero attached hydrogens (tertiary/aromatic N) is 1. The summed E-state index contributed by atoms with van der Waals surface area (Å²) in [5, 5.41) is 6.93. The molecule has 176 valence electrons. The van der Waals surface area contributed by atoms with Crippen molar-refractivity contribution in [3.63, 3.8) is 0 Å². The summed E-state index contributed by atoms with van der Waals surface area (Å²) >= 11 is 0. The van der Waals surface area contributed by atoms with Crippen molar-refractivity contribution in [2.75, 3.05) is 31.5 Å². The predicted molar refractivity (Wildman–Crippen MR) is 130 cm³/mol. The number of carbonyl (C=O) groups excluding carboxylic acids is 2. The van der Waals surface area contributed by atoms with Crippen LogP contribution in [-0.4, -0.2) is 57.4 Å². The van der Waals surface area contributed by atoms with Gasteiger partial charge >= 0.3 is 0 Å². The second-order valence-electron chi connectivity index (χ2n) is 7.93. The third-order valence-corrected chi connectivity index (χ3v) is 6.37. The molecule has 0 atom stereocenters. The third kappa shape index (κ3) is 9.17. The smallest absolute Gasteiger partial charge is 0.238 e. The largest absolute Gasteiger partial charge is 0.353 e. The van der Waals surface area contributed by atoms with Crippen LogP contribution in [0, 0.1) is 0 Å². The van der Waals surface area contributed by atoms with Crippen LogP contribution in [0.3, 0.4) is 0 Å². The second-order valence-corrected chi connectivity index (χ2v) is 9.59. The lowest BCUT2D eigenvalue weighted by Crippen LogP contribution is -2.47. The fourth-order valence-electron chi connectivity index (χ4n) is 3.55. The highest BCUT2D eigenvalue weighted by molar-refractivity contribution is 7.92. The van der Waals surface area contributed by atoms with E-state index < -0.39 is 10.0 Å². The van der Waals surface area contributed by atoms with Gasteiger partial charge in [-0.2, -0.15) is 0 Å². The molecule has 3 rings (SSSR count). The Hall–Kier alpha value is -3.01. The van der Waals surface area contributed by atoms with Crippen LogP contribution in [0.4, 0.5) is 5.69 Å². The summed E-state index contributed by atoms with van der Waals surface area (Å²) in [6.45, 7) is 1.77. The number of rotatable bonds is 10. The fourth-order valence-corrected chi connectivity index (χ4v) is 4.37. The van der Waals surface area contributed by atoms with Crippen LogP contribution in [0.25, 0.3) is 6.08 Å². The lowest BCUT2D eigenvalue weighted by atomic mass is 10.0. The van der Waals surface area contributed by atoms with Gasteiger partial charge in [-0.1, -0.05) is 48.5 Å². The van der Waals surface area contributed by atoms with Gasteiger partial charge < -0.3 is 10.6 Å². The van der Waals surface area contributed by atoms with E-state index in [0.717, 1.165) is 29.5 Å². The van der Waals surface area contributed by atoms with Gasteiger partial charge in [0.05, 0.1) is 6.54 Å². The van der Waals surface area contributed by atoms with E-state index in [4.69, 9.17) is 0 Å². The molecule has 0 saturated carbocycles. The first-order valence-corrected chi connectivity index (χ1v) is 12.5. The zero-order chi connectivity index (χ0) is 23.5. The Morgan fingerprint density at radius 1 is 0.939 bits per heavy atom. The first-order chi connectivity index (χ1) is 15.9. The van der Waals surface area contributed by atoms with Crippen LogP contribution >= 0.6 is 0 Å². The summed E-state index contributed by atoms with van der Waals surface area (Å²) in [6, 6.07) is 18.5. The lowest BCUT2D eigenvalue weighted by Gasteiger charge is -2.31. The van der Waals surface area contributed by atoms with Crippen molar-refractivity contribution in [1.82, 2.24) is 14.9 Å². The molecule has 2 amide bonds. The van der Waals surface area contributed by atoms with E-state index in [1.807, 2.05) is 48.5 Å². The van der Waals surface area contributed by atoms with E-state index in [-0.39, 0.29) is 30.8 Å². The molecule has 2 aromatic carbocycles. The summed E-state index contributed by atoms with van der Waals surface area (Å²) in [6.07, 6.45) is 3.07. The van der Waals surface area contributed by atoms with Crippen molar-refractivity contribution in [2.24, 2.45) is 0 Å². The molecule has 0 spiro atoms. The van der Waals surface area contributed by atoms with E-state index in [9.17, 15) is 18.0 Å². The molecule has 2 aromatic rings. The molecule has 1 fully saturated rings. The summed E-state index contributed by atoms with van der Waals surface area (Å²) in [5.74, 6) is -0.248. The molecule has 0 aliphatic carbocycles. The molecule has 33 heavy (non-hydrogen) atoms. The van der Waals surface area contributed by atoms with Crippen LogP contribution in [0.15, 0.2) is 66.1 Å². The molecule has 0 unspecified atom stereocenters. The summed E-state index contributed by atoms with van der Waals surface area (Å²) in [4.78, 5) is 26.4. The van der Waals surface area contributed by atoms with Crippen molar-refractivity contribution < 1.29 is 18.0 Å². The molecular formula is C24H30N4O4S. The maximum atomic E-state index is 12.2. The minimum absolute atomic E-state index is 0.0283. The van der Waals surface area contributed by atoms with Crippen LogP contribution < -0.4 is 15.4 Å². The number of amides is 2. The van der Waals surface area contributed by atoms with Crippen molar-refractivity contribution in [2.45, 2.75) is 25.3 Å². The van der Waals surface area contributed by atoms with E-state index in [1.165, 1.54) is 6.08 Å². The normalized spacial score (nSPS) is 15.4. The van der Waals surface area contributed by atoms with Gasteiger partial charge in [0.2, 0.25) is 21.8 Å². The average molecular weight is 471 g/mol. The van der Waals surface area contributed by atoms with Crippen LogP contribution in [0.2, 0.25) is 0 Å². The highest BCUT2D eigenvalue weighted by Gasteiger charge is 2.22. The minimum Gasteiger partial charge on any atom is -0.353 e. The second kappa shape index (κ2) is 12.3. The Morgan fingerprint density at radius 2 is 1.58 bits per heavy atom. The lowest BCUT2D eigenvalue weighted by molar-refractivity contribution is -0.122. The molecular weight excluding hydrogens is 440 g/mol. The molecule has 9 heteroatoms. The number of hydrogen-bond donors (Lipinski definition) is 3. The van der Waals surface area contributed by atoms with Crippen molar-refractivity contribution in [3.05, 3.63) is 71.6 Å². The molecule has 0 bridgehead atoms. The molecule has 1 aliphatic rings. The first kappa shape index (κ1) is 24.6. The number of nitrogens with one attached hydrogen (secondary N) is 3. The number of carbonyl (C=O) groups is 2. The molecule has 3 N–H and O–H groups in total. The van der Waals surface area contributed by atoms with E-state index >= 15 is 0 Å². The molecule has 1 heterocycles. The number of piperidine rings is 1. The minimum atomic E-state index is -3.61. The van der Waals surface area contributed by atoms with Gasteiger partial charge in [-0.15, -0.1) is 0 Å². The van der Waals surface area contributed by atoms with E-state index in [0.29, 0.717) is 19.6 Å². The highest BCUT2D eigenvalue weighted by atomic mass is 32.2. The standard InChI is InChI=1S/C24H30N4O4S/c29-23(11-15-25-33(31,32)18-14-20-7-3-1-4-8-20)26-22-12-16-28(17-13-22)19-24(30)27-21-9-5-2-6-10-21/h1-10,14,18,22,25H,11-13,15-17,19H2,(H,26,29)(H,27,30). The first-order valence-electron chi connectivity index (χ1n) is 11.0. The number of anilines is 1. The number of sulfonamides is 1. The number of hydrogen-bond acceptors (Lipinski definition) is 5. The van der Waals surface area contributed by atoms with Gasteiger partial charge in [-0.3, -0.25) is 14.5 Å². The molecule has 0 aromatic heterocycles. The van der Waals surface area contributed by atoms with E-state index in [1.54, 1.807) is 12.1 Å². The SMILES string of the molecule is O=C(CN1CCC(NC(=O)CCNS(=O)(=O)C=Cc2ccccc2)CC1)Nc1ccccc1. The fraction of sp³-hybridized carbons (Fsp3) is 0.333. The summed E-state index contributed by atoms with van der Waals surface area (Å²) in [7, 11) is -3.61. The van der Waals surface area contributed by atoms with Crippen LogP contribution in [-0.2, 0) is 19.6 Å². The highest BCUT2D eigenvalue weighted by Crippen LogP contribution is 2.11. The van der Waals surface area contributed by atoms with E-state index in [2.05, 4.69) is 20.3 Å². The van der Waals surface area contributed by atoms with Crippen molar-refractivity contribution in [1.29, 1.82) is 0 Å². The van der Waals surface area contributed by atoms with Gasteiger partial charge in [0.15, 0.2) is 0 Å². The van der Waals surface area contributed by atoms with Gasteiger partial charge in [-0.25, -0.2) is 13.1 Å². The quantitative estimate of drug-likeness (QED) is 0.493. The zero-order valence-electron chi connectivity index (χ0n) is 18.4. The Balaban J connectivity index is 1.31. The Labute approximate surface area is 195 Å². The van der Waals surface area contributed by atoms with Gasteiger partial charge in [-0.05, 0) is 36.6 Å². The maximum absolute atomic E-state index is 12.2. The number of para-hydroxylation sites is 1. The Kier molecular flexibility index (Phi) is 9.17. The summed E-state index contributed by atoms with van der Waals surface area (Å²) in [5.41, 5.74) is 1.56. The molecule has 0 radical (unpaired) electrons.